The third kappa shape index (κ3) is 3.36. The first-order valence-electron chi connectivity index (χ1n) is 6.94. The highest BCUT2D eigenvalue weighted by molar-refractivity contribution is 5.28. The Balaban J connectivity index is 2.12. The normalized spacial score (nSPS) is 12.3. The van der Waals surface area contributed by atoms with E-state index in [4.69, 9.17) is 4.74 Å². The van der Waals surface area contributed by atoms with Gasteiger partial charge in [-0.15, -0.1) is 0 Å². The van der Waals surface area contributed by atoms with Crippen LogP contribution in [-0.2, 0) is 13.5 Å². The molecule has 2 aromatic heterocycles. The molecule has 0 aliphatic heterocycles. The van der Waals surface area contributed by atoms with Gasteiger partial charge >= 0.3 is 0 Å². The van der Waals surface area contributed by atoms with Crippen LogP contribution in [0, 0.1) is 0 Å². The standard InChI is InChI=1S/C15H22N4O/c1-4-17-13(6-5-12-7-9-16-10-8-12)15-14(20-3)11-18-19(15)2/h7-11,13,17H,4-6H2,1-3H3. The Labute approximate surface area is 120 Å². The summed E-state index contributed by atoms with van der Waals surface area (Å²) in [5.74, 6) is 0.841. The monoisotopic (exact) mass is 274 g/mol. The first kappa shape index (κ1) is 14.5. The highest BCUT2D eigenvalue weighted by atomic mass is 16.5. The molecule has 1 N–H and O–H groups in total. The molecular formula is C15H22N4O. The molecular weight excluding hydrogens is 252 g/mol. The van der Waals surface area contributed by atoms with Crippen molar-refractivity contribution in [3.63, 3.8) is 0 Å². The van der Waals surface area contributed by atoms with Gasteiger partial charge in [0.15, 0.2) is 5.75 Å². The Kier molecular flexibility index (Phi) is 5.12. The van der Waals surface area contributed by atoms with Crippen LogP contribution in [0.3, 0.4) is 0 Å². The molecule has 0 aliphatic carbocycles. The Morgan fingerprint density at radius 2 is 2.10 bits per heavy atom. The first-order chi connectivity index (χ1) is 9.76. The van der Waals surface area contributed by atoms with Crippen LogP contribution in [0.4, 0.5) is 0 Å². The number of hydrogen-bond donors (Lipinski definition) is 1. The van der Waals surface area contributed by atoms with Crippen molar-refractivity contribution in [1.29, 1.82) is 0 Å². The molecule has 2 aromatic rings. The van der Waals surface area contributed by atoms with Crippen LogP contribution >= 0.6 is 0 Å². The fraction of sp³-hybridized carbons (Fsp3) is 0.467. The van der Waals surface area contributed by atoms with Gasteiger partial charge in [0.2, 0.25) is 0 Å². The van der Waals surface area contributed by atoms with E-state index in [1.165, 1.54) is 5.56 Å². The fourth-order valence-corrected chi connectivity index (χ4v) is 2.42. The zero-order valence-electron chi connectivity index (χ0n) is 12.3. The van der Waals surface area contributed by atoms with Gasteiger partial charge in [-0.3, -0.25) is 9.67 Å². The Hall–Kier alpha value is -1.88. The summed E-state index contributed by atoms with van der Waals surface area (Å²) in [5.41, 5.74) is 2.40. The van der Waals surface area contributed by atoms with Crippen molar-refractivity contribution in [2.45, 2.75) is 25.8 Å². The Bertz CT molecular complexity index is 524. The molecule has 1 atom stereocenters. The summed E-state index contributed by atoms with van der Waals surface area (Å²) in [6.45, 7) is 3.03. The predicted molar refractivity (Wildman–Crippen MR) is 78.7 cm³/mol. The van der Waals surface area contributed by atoms with Crippen molar-refractivity contribution >= 4 is 0 Å². The minimum atomic E-state index is 0.232. The molecule has 0 aromatic carbocycles. The smallest absolute Gasteiger partial charge is 0.161 e. The maximum atomic E-state index is 5.41. The summed E-state index contributed by atoms with van der Waals surface area (Å²) in [6.07, 6.45) is 7.43. The molecule has 0 radical (unpaired) electrons. The largest absolute Gasteiger partial charge is 0.493 e. The van der Waals surface area contributed by atoms with Crippen molar-refractivity contribution < 1.29 is 4.74 Å². The molecule has 5 heteroatoms. The highest BCUT2D eigenvalue weighted by Crippen LogP contribution is 2.27. The van der Waals surface area contributed by atoms with Crippen LogP contribution < -0.4 is 10.1 Å². The van der Waals surface area contributed by atoms with E-state index in [1.807, 2.05) is 24.1 Å². The number of rotatable bonds is 7. The molecule has 0 amide bonds. The molecule has 108 valence electrons. The summed E-state index contributed by atoms with van der Waals surface area (Å²) < 4.78 is 7.30. The lowest BCUT2D eigenvalue weighted by Crippen LogP contribution is -2.24. The molecule has 0 aliphatic rings. The van der Waals surface area contributed by atoms with E-state index in [2.05, 4.69) is 34.5 Å². The average molecular weight is 274 g/mol. The Morgan fingerprint density at radius 3 is 2.75 bits per heavy atom. The zero-order valence-corrected chi connectivity index (χ0v) is 12.3. The first-order valence-corrected chi connectivity index (χ1v) is 6.94. The van der Waals surface area contributed by atoms with Crippen LogP contribution in [0.25, 0.3) is 0 Å². The molecule has 0 bridgehead atoms. The molecule has 0 saturated carbocycles. The number of aromatic nitrogens is 3. The second kappa shape index (κ2) is 7.05. The van der Waals surface area contributed by atoms with Crippen molar-refractivity contribution in [1.82, 2.24) is 20.1 Å². The summed E-state index contributed by atoms with van der Waals surface area (Å²) in [6, 6.07) is 4.35. The zero-order chi connectivity index (χ0) is 14.4. The summed E-state index contributed by atoms with van der Waals surface area (Å²) in [4.78, 5) is 4.05. The number of nitrogens with one attached hydrogen (secondary N) is 1. The van der Waals surface area contributed by atoms with Crippen LogP contribution in [0.2, 0.25) is 0 Å². The van der Waals surface area contributed by atoms with E-state index < -0.39 is 0 Å². The van der Waals surface area contributed by atoms with Gasteiger partial charge in [0, 0.05) is 19.4 Å². The van der Waals surface area contributed by atoms with E-state index >= 15 is 0 Å². The lowest BCUT2D eigenvalue weighted by atomic mass is 10.0. The number of pyridine rings is 1. The average Bonchev–Trinajstić information content (AvgIpc) is 2.85. The van der Waals surface area contributed by atoms with Crippen molar-refractivity contribution in [2.75, 3.05) is 13.7 Å². The quantitative estimate of drug-likeness (QED) is 0.840. The van der Waals surface area contributed by atoms with Crippen LogP contribution in [0.5, 0.6) is 5.75 Å². The maximum absolute atomic E-state index is 5.41. The van der Waals surface area contributed by atoms with Gasteiger partial charge in [0.1, 0.15) is 0 Å². The van der Waals surface area contributed by atoms with Crippen LogP contribution in [-0.4, -0.2) is 28.4 Å². The third-order valence-electron chi connectivity index (χ3n) is 3.42. The van der Waals surface area contributed by atoms with Gasteiger partial charge in [-0.05, 0) is 37.1 Å². The SMILES string of the molecule is CCNC(CCc1ccncc1)c1c(OC)cnn1C. The summed E-state index contributed by atoms with van der Waals surface area (Å²) >= 11 is 0. The molecule has 0 spiro atoms. The Morgan fingerprint density at radius 1 is 1.35 bits per heavy atom. The molecule has 1 unspecified atom stereocenters. The van der Waals surface area contributed by atoms with Crippen LogP contribution in [0.15, 0.2) is 30.7 Å². The highest BCUT2D eigenvalue weighted by Gasteiger charge is 2.19. The van der Waals surface area contributed by atoms with Gasteiger partial charge in [0.25, 0.3) is 0 Å². The topological polar surface area (TPSA) is 52.0 Å². The van der Waals surface area contributed by atoms with Crippen molar-refractivity contribution in [2.24, 2.45) is 7.05 Å². The molecule has 0 fully saturated rings. The number of nitrogens with zero attached hydrogens (tertiary/aromatic N) is 3. The van der Waals surface area contributed by atoms with E-state index in [0.717, 1.165) is 30.8 Å². The van der Waals surface area contributed by atoms with Gasteiger partial charge in [-0.25, -0.2) is 0 Å². The lowest BCUT2D eigenvalue weighted by Gasteiger charge is -2.19. The lowest BCUT2D eigenvalue weighted by molar-refractivity contribution is 0.390. The second-order valence-corrected chi connectivity index (χ2v) is 4.73. The maximum Gasteiger partial charge on any atom is 0.161 e. The predicted octanol–water partition coefficient (Wildman–Crippen LogP) is 2.11. The fourth-order valence-electron chi connectivity index (χ4n) is 2.42. The minimum Gasteiger partial charge on any atom is -0.493 e. The van der Waals surface area contributed by atoms with Crippen molar-refractivity contribution in [3.8, 4) is 5.75 Å². The second-order valence-electron chi connectivity index (χ2n) is 4.73. The van der Waals surface area contributed by atoms with E-state index in [-0.39, 0.29) is 6.04 Å². The molecule has 2 rings (SSSR count). The minimum absolute atomic E-state index is 0.232. The summed E-state index contributed by atoms with van der Waals surface area (Å²) in [7, 11) is 3.64. The number of methoxy groups -OCH3 is 1. The van der Waals surface area contributed by atoms with Crippen molar-refractivity contribution in [3.05, 3.63) is 42.0 Å². The number of aryl methyl sites for hydroxylation is 2. The van der Waals surface area contributed by atoms with Gasteiger partial charge < -0.3 is 10.1 Å². The number of hydrogen-bond acceptors (Lipinski definition) is 4. The van der Waals surface area contributed by atoms with E-state index in [9.17, 15) is 0 Å². The van der Waals surface area contributed by atoms with Gasteiger partial charge in [-0.1, -0.05) is 6.92 Å². The van der Waals surface area contributed by atoms with E-state index in [0.29, 0.717) is 0 Å². The van der Waals surface area contributed by atoms with Gasteiger partial charge in [0.05, 0.1) is 25.0 Å². The third-order valence-corrected chi connectivity index (χ3v) is 3.42. The molecule has 5 nitrogen and oxygen atoms in total. The van der Waals surface area contributed by atoms with E-state index in [1.54, 1.807) is 13.3 Å². The molecule has 20 heavy (non-hydrogen) atoms. The molecule has 0 saturated heterocycles. The molecule has 2 heterocycles. The number of ether oxygens (including phenoxy) is 1. The van der Waals surface area contributed by atoms with Gasteiger partial charge in [-0.2, -0.15) is 5.10 Å². The summed E-state index contributed by atoms with van der Waals surface area (Å²) in [5, 5.41) is 7.80. The van der Waals surface area contributed by atoms with Crippen LogP contribution in [0.1, 0.15) is 30.6 Å².